The zero-order valence-electron chi connectivity index (χ0n) is 10.6. The lowest BCUT2D eigenvalue weighted by Gasteiger charge is -1.99. The van der Waals surface area contributed by atoms with Crippen LogP contribution < -0.4 is 0 Å². The van der Waals surface area contributed by atoms with Gasteiger partial charge in [-0.1, -0.05) is 42.5 Å². The number of benzene rings is 1. The van der Waals surface area contributed by atoms with Gasteiger partial charge in [0.1, 0.15) is 0 Å². The fraction of sp³-hybridized carbons (Fsp3) is 0.200. The number of aryl methyl sites for hydroxylation is 1. The van der Waals surface area contributed by atoms with E-state index in [1.54, 1.807) is 0 Å². The highest BCUT2D eigenvalue weighted by Crippen LogP contribution is 2.10. The molecule has 0 fully saturated rings. The fourth-order valence-corrected chi connectivity index (χ4v) is 1.91. The summed E-state index contributed by atoms with van der Waals surface area (Å²) in [6, 6.07) is 10.1. The van der Waals surface area contributed by atoms with Crippen molar-refractivity contribution in [3.63, 3.8) is 0 Å². The van der Waals surface area contributed by atoms with Crippen molar-refractivity contribution in [1.82, 2.24) is 9.78 Å². The zero-order chi connectivity index (χ0) is 13.0. The Morgan fingerprint density at radius 3 is 2.56 bits per heavy atom. The minimum absolute atomic E-state index is 0.676. The minimum atomic E-state index is 0.676. The Labute approximate surface area is 107 Å². The Kier molecular flexibility index (Phi) is 3.72. The van der Waals surface area contributed by atoms with Crippen LogP contribution in [0.2, 0.25) is 0 Å². The maximum absolute atomic E-state index is 10.9. The molecule has 0 aliphatic rings. The second kappa shape index (κ2) is 5.45. The topological polar surface area (TPSA) is 34.9 Å². The molecule has 3 nitrogen and oxygen atoms in total. The van der Waals surface area contributed by atoms with Crippen LogP contribution in [0.4, 0.5) is 0 Å². The van der Waals surface area contributed by atoms with Crippen LogP contribution in [0.15, 0.2) is 36.4 Å². The molecule has 1 aromatic heterocycles. The van der Waals surface area contributed by atoms with E-state index in [0.29, 0.717) is 12.1 Å². The van der Waals surface area contributed by atoms with E-state index in [2.05, 4.69) is 23.3 Å². The lowest BCUT2D eigenvalue weighted by Crippen LogP contribution is -2.00. The summed E-state index contributed by atoms with van der Waals surface area (Å²) in [6.07, 6.45) is 4.97. The molecule has 0 spiro atoms. The van der Waals surface area contributed by atoms with E-state index in [4.69, 9.17) is 0 Å². The van der Waals surface area contributed by atoms with Crippen molar-refractivity contribution in [2.45, 2.75) is 20.4 Å². The number of aldehydes is 1. The van der Waals surface area contributed by atoms with Crippen molar-refractivity contribution < 1.29 is 4.79 Å². The first-order valence-corrected chi connectivity index (χ1v) is 5.93. The summed E-state index contributed by atoms with van der Waals surface area (Å²) in [5.41, 5.74) is 3.56. The third-order valence-electron chi connectivity index (χ3n) is 2.94. The van der Waals surface area contributed by atoms with Crippen LogP contribution in [-0.2, 0) is 6.54 Å². The molecule has 18 heavy (non-hydrogen) atoms. The summed E-state index contributed by atoms with van der Waals surface area (Å²) in [6.45, 7) is 4.45. The quantitative estimate of drug-likeness (QED) is 0.770. The summed E-state index contributed by atoms with van der Waals surface area (Å²) in [4.78, 5) is 10.9. The van der Waals surface area contributed by atoms with Crippen LogP contribution in [0.5, 0.6) is 0 Å². The molecular weight excluding hydrogens is 224 g/mol. The molecule has 0 bridgehead atoms. The van der Waals surface area contributed by atoms with E-state index < -0.39 is 0 Å². The number of carbonyl (C=O) groups is 1. The van der Waals surface area contributed by atoms with Crippen LogP contribution in [0, 0.1) is 13.8 Å². The lowest BCUT2D eigenvalue weighted by molar-refractivity contribution is 0.112. The van der Waals surface area contributed by atoms with Crippen molar-refractivity contribution in [3.8, 4) is 0 Å². The number of hydrogen-bond donors (Lipinski definition) is 0. The molecule has 0 atom stereocenters. The van der Waals surface area contributed by atoms with E-state index in [1.165, 1.54) is 0 Å². The number of nitrogens with zero attached hydrogens (tertiary/aromatic N) is 2. The first-order valence-electron chi connectivity index (χ1n) is 5.93. The Morgan fingerprint density at radius 2 is 1.94 bits per heavy atom. The highest BCUT2D eigenvalue weighted by atomic mass is 16.1. The molecule has 1 aromatic carbocycles. The lowest BCUT2D eigenvalue weighted by atomic mass is 10.2. The Morgan fingerprint density at radius 1 is 1.22 bits per heavy atom. The summed E-state index contributed by atoms with van der Waals surface area (Å²) in [5, 5.41) is 4.35. The normalized spacial score (nSPS) is 11.0. The van der Waals surface area contributed by atoms with Gasteiger partial charge in [-0.25, -0.2) is 0 Å². The summed E-state index contributed by atoms with van der Waals surface area (Å²) >= 11 is 0. The van der Waals surface area contributed by atoms with Crippen molar-refractivity contribution in [2.75, 3.05) is 0 Å². The third-order valence-corrected chi connectivity index (χ3v) is 2.94. The second-order valence-corrected chi connectivity index (χ2v) is 4.20. The van der Waals surface area contributed by atoms with E-state index >= 15 is 0 Å². The van der Waals surface area contributed by atoms with Crippen LogP contribution in [0.3, 0.4) is 0 Å². The van der Waals surface area contributed by atoms with E-state index in [0.717, 1.165) is 23.2 Å². The van der Waals surface area contributed by atoms with Crippen LogP contribution in [0.1, 0.15) is 27.3 Å². The van der Waals surface area contributed by atoms with Crippen LogP contribution in [-0.4, -0.2) is 16.1 Å². The summed E-state index contributed by atoms with van der Waals surface area (Å²) in [7, 11) is 0. The van der Waals surface area contributed by atoms with Gasteiger partial charge in [0.25, 0.3) is 0 Å². The molecule has 0 unspecified atom stereocenters. The van der Waals surface area contributed by atoms with Crippen molar-refractivity contribution in [1.29, 1.82) is 0 Å². The predicted octanol–water partition coefficient (Wildman–Crippen LogP) is 3.03. The molecule has 0 aliphatic carbocycles. The molecule has 0 aliphatic heterocycles. The molecule has 92 valence electrons. The van der Waals surface area contributed by atoms with Gasteiger partial charge >= 0.3 is 0 Å². The average Bonchev–Trinajstić information content (AvgIpc) is 2.65. The van der Waals surface area contributed by atoms with E-state index in [9.17, 15) is 4.79 Å². The molecule has 0 radical (unpaired) electrons. The van der Waals surface area contributed by atoms with Gasteiger partial charge in [-0.15, -0.1) is 0 Å². The molecule has 0 saturated carbocycles. The largest absolute Gasteiger partial charge is 0.298 e. The first kappa shape index (κ1) is 12.3. The Hall–Kier alpha value is -2.16. The molecule has 0 saturated heterocycles. The van der Waals surface area contributed by atoms with Crippen molar-refractivity contribution in [3.05, 3.63) is 58.9 Å². The summed E-state index contributed by atoms with van der Waals surface area (Å²) in [5.74, 6) is 0. The maximum atomic E-state index is 10.9. The molecule has 3 heteroatoms. The van der Waals surface area contributed by atoms with Crippen LogP contribution >= 0.6 is 0 Å². The minimum Gasteiger partial charge on any atom is -0.298 e. The van der Waals surface area contributed by atoms with E-state index in [1.807, 2.05) is 42.8 Å². The van der Waals surface area contributed by atoms with Gasteiger partial charge < -0.3 is 0 Å². The molecule has 1 heterocycles. The molecule has 2 aromatic rings. The van der Waals surface area contributed by atoms with Crippen LogP contribution in [0.25, 0.3) is 6.08 Å². The third kappa shape index (κ3) is 2.56. The smallest absolute Gasteiger partial charge is 0.153 e. The van der Waals surface area contributed by atoms with Crippen molar-refractivity contribution in [2.24, 2.45) is 0 Å². The van der Waals surface area contributed by atoms with Gasteiger partial charge in [-0.05, 0) is 19.4 Å². The van der Waals surface area contributed by atoms with Gasteiger partial charge in [0, 0.05) is 5.69 Å². The maximum Gasteiger partial charge on any atom is 0.153 e. The predicted molar refractivity (Wildman–Crippen MR) is 72.6 cm³/mol. The molecule has 0 amide bonds. The SMILES string of the molecule is Cc1nn(C/C=C/c2ccccc2)c(C)c1C=O. The molecular formula is C15H16N2O. The van der Waals surface area contributed by atoms with Gasteiger partial charge in [-0.3, -0.25) is 9.48 Å². The molecule has 0 N–H and O–H groups in total. The Bertz CT molecular complexity index is 568. The van der Waals surface area contributed by atoms with Gasteiger partial charge in [0.05, 0.1) is 17.8 Å². The number of allylic oxidation sites excluding steroid dienone is 1. The zero-order valence-corrected chi connectivity index (χ0v) is 10.6. The summed E-state index contributed by atoms with van der Waals surface area (Å²) < 4.78 is 1.85. The first-order chi connectivity index (χ1) is 8.72. The highest BCUT2D eigenvalue weighted by Gasteiger charge is 2.08. The van der Waals surface area contributed by atoms with Gasteiger partial charge in [-0.2, -0.15) is 5.10 Å². The van der Waals surface area contributed by atoms with E-state index in [-0.39, 0.29) is 0 Å². The standard InChI is InChI=1S/C15H16N2O/c1-12-15(11-18)13(2)17(16-12)10-6-9-14-7-4-3-5-8-14/h3-9,11H,10H2,1-2H3/b9-6+. The number of aromatic nitrogens is 2. The van der Waals surface area contributed by atoms with Gasteiger partial charge in [0.2, 0.25) is 0 Å². The second-order valence-electron chi connectivity index (χ2n) is 4.20. The fourth-order valence-electron chi connectivity index (χ4n) is 1.91. The molecule has 2 rings (SSSR count). The number of hydrogen-bond acceptors (Lipinski definition) is 2. The van der Waals surface area contributed by atoms with Gasteiger partial charge in [0.15, 0.2) is 6.29 Å². The Balaban J connectivity index is 2.11. The monoisotopic (exact) mass is 240 g/mol. The number of rotatable bonds is 4. The average molecular weight is 240 g/mol. The number of carbonyl (C=O) groups excluding carboxylic acids is 1. The van der Waals surface area contributed by atoms with Crippen molar-refractivity contribution >= 4 is 12.4 Å². The highest BCUT2D eigenvalue weighted by molar-refractivity contribution is 5.78.